The maximum Gasteiger partial charge on any atom is 0.156 e. The Morgan fingerprint density at radius 2 is 2.00 bits per heavy atom. The highest BCUT2D eigenvalue weighted by Crippen LogP contribution is 2.56. The van der Waals surface area contributed by atoms with E-state index in [1.54, 1.807) is 13.8 Å². The van der Waals surface area contributed by atoms with E-state index in [1.807, 2.05) is 6.08 Å². The molecule has 0 bridgehead atoms. The van der Waals surface area contributed by atoms with Crippen molar-refractivity contribution in [1.29, 1.82) is 0 Å². The highest BCUT2D eigenvalue weighted by molar-refractivity contribution is 7.92. The van der Waals surface area contributed by atoms with E-state index in [9.17, 15) is 13.5 Å². The van der Waals surface area contributed by atoms with Crippen LogP contribution in [0, 0.1) is 17.3 Å². The second kappa shape index (κ2) is 8.86. The van der Waals surface area contributed by atoms with Crippen LogP contribution in [0.15, 0.2) is 59.3 Å². The lowest BCUT2D eigenvalue weighted by atomic mass is 9.62. The molecule has 0 saturated heterocycles. The van der Waals surface area contributed by atoms with E-state index in [0.29, 0.717) is 12.3 Å². The molecule has 2 fully saturated rings. The summed E-state index contributed by atoms with van der Waals surface area (Å²) in [5.74, 6) is 0.732. The molecule has 1 N–H and O–H groups in total. The van der Waals surface area contributed by atoms with E-state index in [2.05, 4.69) is 44.7 Å². The largest absolute Gasteiger partial charge is 0.393 e. The molecule has 4 atom stereocenters. The first-order valence-electron chi connectivity index (χ1n) is 11.7. The summed E-state index contributed by atoms with van der Waals surface area (Å²) in [6, 6.07) is 0. The average molecular weight is 445 g/mol. The number of hydrogen-bond donors (Lipinski definition) is 1. The number of allylic oxidation sites excluding steroid dienone is 7. The van der Waals surface area contributed by atoms with Crippen LogP contribution in [0.1, 0.15) is 72.6 Å². The third-order valence-electron chi connectivity index (χ3n) is 8.03. The van der Waals surface area contributed by atoms with E-state index in [1.165, 1.54) is 41.4 Å². The van der Waals surface area contributed by atoms with Crippen LogP contribution >= 0.6 is 0 Å². The van der Waals surface area contributed by atoms with Crippen molar-refractivity contribution in [2.24, 2.45) is 17.3 Å². The lowest BCUT2D eigenvalue weighted by Crippen LogP contribution is -2.32. The van der Waals surface area contributed by atoms with Crippen LogP contribution in [0.25, 0.3) is 0 Å². The smallest absolute Gasteiger partial charge is 0.156 e. The van der Waals surface area contributed by atoms with Gasteiger partial charge in [0.25, 0.3) is 0 Å². The molecule has 0 aromatic carbocycles. The summed E-state index contributed by atoms with van der Waals surface area (Å²) in [4.78, 5) is 0. The number of aliphatic hydroxyl groups excluding tert-OH is 1. The summed E-state index contributed by atoms with van der Waals surface area (Å²) in [7, 11) is -3.14. The Morgan fingerprint density at radius 1 is 1.29 bits per heavy atom. The molecule has 0 amide bonds. The lowest BCUT2D eigenvalue weighted by Gasteiger charge is -2.42. The van der Waals surface area contributed by atoms with Crippen LogP contribution in [0.3, 0.4) is 0 Å². The second-order valence-corrected chi connectivity index (χ2v) is 13.3. The van der Waals surface area contributed by atoms with Gasteiger partial charge >= 0.3 is 0 Å². The van der Waals surface area contributed by atoms with E-state index in [0.717, 1.165) is 25.7 Å². The minimum atomic E-state index is -3.14. The first kappa shape index (κ1) is 24.3. The molecular formula is C27H40O3S. The molecular weight excluding hydrogens is 404 g/mol. The van der Waals surface area contributed by atoms with Crippen LogP contribution in [-0.2, 0) is 9.84 Å². The molecule has 0 radical (unpaired) electrons. The van der Waals surface area contributed by atoms with Crippen molar-refractivity contribution < 1.29 is 13.5 Å². The summed E-state index contributed by atoms with van der Waals surface area (Å²) in [6.07, 6.45) is 18.9. The number of rotatable bonds is 5. The Labute approximate surface area is 189 Å². The van der Waals surface area contributed by atoms with Gasteiger partial charge in [0.2, 0.25) is 0 Å². The van der Waals surface area contributed by atoms with Crippen molar-refractivity contribution in [3.05, 3.63) is 59.3 Å². The van der Waals surface area contributed by atoms with Crippen molar-refractivity contribution >= 4 is 9.84 Å². The molecule has 0 aromatic rings. The molecule has 4 heteroatoms. The van der Waals surface area contributed by atoms with Crippen LogP contribution in [0.4, 0.5) is 0 Å². The van der Waals surface area contributed by atoms with E-state index < -0.39 is 14.6 Å². The van der Waals surface area contributed by atoms with Gasteiger partial charge in [0.1, 0.15) is 0 Å². The molecule has 0 aliphatic heterocycles. The number of fused-ring (bicyclic) bond motifs is 1. The minimum Gasteiger partial charge on any atom is -0.393 e. The van der Waals surface area contributed by atoms with Gasteiger partial charge in [0, 0.05) is 6.26 Å². The topological polar surface area (TPSA) is 54.4 Å². The molecule has 2 saturated carbocycles. The Kier molecular flexibility index (Phi) is 6.93. The predicted octanol–water partition coefficient (Wildman–Crippen LogP) is 6.09. The van der Waals surface area contributed by atoms with E-state index in [-0.39, 0.29) is 17.4 Å². The van der Waals surface area contributed by atoms with Crippen LogP contribution in [-0.4, -0.2) is 30.6 Å². The normalized spacial score (nSPS) is 33.7. The molecule has 3 aliphatic rings. The molecule has 0 heterocycles. The first-order chi connectivity index (χ1) is 14.3. The van der Waals surface area contributed by atoms with Crippen molar-refractivity contribution in [3.8, 4) is 0 Å². The van der Waals surface area contributed by atoms with Gasteiger partial charge in [-0.15, -0.1) is 0 Å². The fourth-order valence-electron chi connectivity index (χ4n) is 5.56. The molecule has 3 nitrogen and oxygen atoms in total. The van der Waals surface area contributed by atoms with Crippen LogP contribution < -0.4 is 0 Å². The summed E-state index contributed by atoms with van der Waals surface area (Å²) in [5.41, 5.74) is 5.45. The molecule has 31 heavy (non-hydrogen) atoms. The Hall–Kier alpha value is -1.39. The quantitative estimate of drug-likeness (QED) is 0.522. The number of aliphatic hydroxyl groups is 1. The Balaban J connectivity index is 1.80. The Morgan fingerprint density at radius 3 is 2.68 bits per heavy atom. The van der Waals surface area contributed by atoms with Crippen LogP contribution in [0.5, 0.6) is 0 Å². The third-order valence-corrected chi connectivity index (χ3v) is 10.1. The second-order valence-electron chi connectivity index (χ2n) is 10.7. The van der Waals surface area contributed by atoms with Gasteiger partial charge in [-0.25, -0.2) is 8.42 Å². The lowest BCUT2D eigenvalue weighted by molar-refractivity contribution is 0.158. The summed E-state index contributed by atoms with van der Waals surface area (Å²) in [6.45, 7) is 12.3. The molecule has 0 spiro atoms. The van der Waals surface area contributed by atoms with Gasteiger partial charge in [0.15, 0.2) is 9.84 Å². The van der Waals surface area contributed by atoms with Crippen molar-refractivity contribution in [1.82, 2.24) is 0 Å². The van der Waals surface area contributed by atoms with Gasteiger partial charge in [-0.2, -0.15) is 0 Å². The highest BCUT2D eigenvalue weighted by Gasteiger charge is 2.45. The summed E-state index contributed by atoms with van der Waals surface area (Å²) >= 11 is 0. The fourth-order valence-corrected chi connectivity index (χ4v) is 5.88. The minimum absolute atomic E-state index is 0.130. The Bertz CT molecular complexity index is 945. The summed E-state index contributed by atoms with van der Waals surface area (Å²) < 4.78 is 23.3. The predicted molar refractivity (Wildman–Crippen MR) is 131 cm³/mol. The molecule has 172 valence electrons. The van der Waals surface area contributed by atoms with Crippen molar-refractivity contribution in [2.75, 3.05) is 6.26 Å². The standard InChI is InChI=1S/C27H40O3S/c1-19-9-12-23(28)18-22(19)11-10-21-8-7-16-27(5)24(13-14-25(21)27)20(2)15-17-26(3,4)31(6,29)30/h10-11,13,15,17,20,23,25,28H,1,7-9,12,14,16,18H2,2-6H3/b17-15+,21-10+,22-11-/t20?,23-,25-,27+/m0/s1. The SMILES string of the molecule is C=C1CC[C@H](O)C/C1=C/C=C1\CCC[C@]2(C)C(C(C)/C=C/C(C)(C)S(C)(=O)=O)=CC[C@@H]12. The van der Waals surface area contributed by atoms with Gasteiger partial charge in [-0.3, -0.25) is 0 Å². The number of sulfone groups is 1. The van der Waals surface area contributed by atoms with Gasteiger partial charge in [-0.1, -0.05) is 67.5 Å². The number of hydrogen-bond acceptors (Lipinski definition) is 3. The molecule has 3 aliphatic carbocycles. The molecule has 0 aromatic heterocycles. The zero-order valence-electron chi connectivity index (χ0n) is 19.9. The molecule has 3 rings (SSSR count). The van der Waals surface area contributed by atoms with Gasteiger partial charge < -0.3 is 5.11 Å². The van der Waals surface area contributed by atoms with E-state index >= 15 is 0 Å². The van der Waals surface area contributed by atoms with Gasteiger partial charge in [0.05, 0.1) is 10.9 Å². The maximum atomic E-state index is 12.1. The molecule has 1 unspecified atom stereocenters. The van der Waals surface area contributed by atoms with Crippen molar-refractivity contribution in [3.63, 3.8) is 0 Å². The zero-order chi connectivity index (χ0) is 23.0. The van der Waals surface area contributed by atoms with Gasteiger partial charge in [-0.05, 0) is 81.6 Å². The van der Waals surface area contributed by atoms with Crippen LogP contribution in [0.2, 0.25) is 0 Å². The zero-order valence-corrected chi connectivity index (χ0v) is 20.8. The monoisotopic (exact) mass is 444 g/mol. The third kappa shape index (κ3) is 5.01. The summed E-state index contributed by atoms with van der Waals surface area (Å²) in [5, 5.41) is 10.0. The highest BCUT2D eigenvalue weighted by atomic mass is 32.2. The van der Waals surface area contributed by atoms with E-state index in [4.69, 9.17) is 0 Å². The fraction of sp³-hybridized carbons (Fsp3) is 0.630. The first-order valence-corrected chi connectivity index (χ1v) is 13.6. The maximum absolute atomic E-state index is 12.1. The van der Waals surface area contributed by atoms with Crippen molar-refractivity contribution in [2.45, 2.75) is 83.5 Å². The average Bonchev–Trinajstić information content (AvgIpc) is 3.03.